The number of allylic oxidation sites excluding steroid dienone is 3. The Hall–Kier alpha value is -2.86. The third-order valence-corrected chi connectivity index (χ3v) is 8.04. The second-order valence-electron chi connectivity index (χ2n) is 8.87. The lowest BCUT2D eigenvalue weighted by molar-refractivity contribution is 0.435. The van der Waals surface area contributed by atoms with Crippen molar-refractivity contribution in [1.29, 1.82) is 0 Å². The van der Waals surface area contributed by atoms with E-state index in [1.54, 1.807) is 18.2 Å². The van der Waals surface area contributed by atoms with Crippen LogP contribution in [0.1, 0.15) is 50.7 Å². The van der Waals surface area contributed by atoms with E-state index < -0.39 is 10.0 Å². The van der Waals surface area contributed by atoms with Gasteiger partial charge in [0.15, 0.2) is 0 Å². The maximum Gasteiger partial charge on any atom is 0.240 e. The minimum atomic E-state index is -3.50. The highest BCUT2D eigenvalue weighted by Gasteiger charge is 2.13. The Labute approximate surface area is 220 Å². The van der Waals surface area contributed by atoms with Crippen molar-refractivity contribution in [1.82, 2.24) is 4.72 Å². The molecule has 3 aromatic rings. The highest BCUT2D eigenvalue weighted by molar-refractivity contribution is 7.89. The number of sulfonamides is 1. The highest BCUT2D eigenvalue weighted by Crippen LogP contribution is 2.31. The van der Waals surface area contributed by atoms with Gasteiger partial charge in [-0.2, -0.15) is 0 Å². The number of rotatable bonds is 10. The van der Waals surface area contributed by atoms with Crippen molar-refractivity contribution in [3.63, 3.8) is 0 Å². The van der Waals surface area contributed by atoms with Crippen LogP contribution in [0.3, 0.4) is 0 Å². The van der Waals surface area contributed by atoms with Crippen LogP contribution in [-0.4, -0.2) is 15.5 Å². The van der Waals surface area contributed by atoms with Crippen molar-refractivity contribution in [2.75, 3.05) is 7.05 Å². The van der Waals surface area contributed by atoms with E-state index in [1.165, 1.54) is 18.2 Å². The summed E-state index contributed by atoms with van der Waals surface area (Å²) < 4.78 is 32.9. The van der Waals surface area contributed by atoms with Crippen molar-refractivity contribution in [3.8, 4) is 16.9 Å². The van der Waals surface area contributed by atoms with Gasteiger partial charge in [-0.15, -0.1) is 0 Å². The third-order valence-electron chi connectivity index (χ3n) is 6.30. The minimum absolute atomic E-state index is 0.234. The van der Waals surface area contributed by atoms with Crippen LogP contribution >= 0.6 is 11.6 Å². The van der Waals surface area contributed by atoms with Crippen LogP contribution < -0.4 is 9.46 Å². The van der Waals surface area contributed by atoms with Crippen LogP contribution in [0.2, 0.25) is 5.02 Å². The Bertz CT molecular complexity index is 1340. The number of benzene rings is 3. The van der Waals surface area contributed by atoms with Crippen LogP contribution in [-0.2, 0) is 10.0 Å². The van der Waals surface area contributed by atoms with E-state index in [9.17, 15) is 8.42 Å². The molecule has 1 atom stereocenters. The number of nitrogens with one attached hydrogen (secondary N) is 1. The molecule has 0 saturated heterocycles. The zero-order valence-electron chi connectivity index (χ0n) is 21.5. The van der Waals surface area contributed by atoms with Crippen LogP contribution in [0.4, 0.5) is 0 Å². The molecule has 0 aliphatic carbocycles. The first kappa shape index (κ1) is 27.7. The van der Waals surface area contributed by atoms with Gasteiger partial charge in [-0.05, 0) is 104 Å². The summed E-state index contributed by atoms with van der Waals surface area (Å²) in [6.45, 7) is 8.46. The summed E-state index contributed by atoms with van der Waals surface area (Å²) in [5, 5.41) is 0.807. The highest BCUT2D eigenvalue weighted by atomic mass is 35.5. The molecule has 0 amide bonds. The fraction of sp³-hybridized carbons (Fsp3) is 0.267. The predicted octanol–water partition coefficient (Wildman–Crippen LogP) is 8.04. The average molecular weight is 524 g/mol. The average Bonchev–Trinajstić information content (AvgIpc) is 2.88. The van der Waals surface area contributed by atoms with E-state index in [0.29, 0.717) is 5.92 Å². The Kier molecular flexibility index (Phi) is 9.55. The van der Waals surface area contributed by atoms with Gasteiger partial charge in [0.2, 0.25) is 10.0 Å². The lowest BCUT2D eigenvalue weighted by Gasteiger charge is -2.15. The van der Waals surface area contributed by atoms with E-state index in [2.05, 4.69) is 44.6 Å². The molecule has 0 radical (unpaired) electrons. The van der Waals surface area contributed by atoms with Crippen molar-refractivity contribution in [3.05, 3.63) is 106 Å². The zero-order valence-corrected chi connectivity index (χ0v) is 23.1. The van der Waals surface area contributed by atoms with Gasteiger partial charge in [-0.1, -0.05) is 67.9 Å². The topological polar surface area (TPSA) is 55.4 Å². The molecule has 1 N–H and O–H groups in total. The smallest absolute Gasteiger partial charge is 0.240 e. The van der Waals surface area contributed by atoms with Gasteiger partial charge in [-0.3, -0.25) is 0 Å². The summed E-state index contributed by atoms with van der Waals surface area (Å²) in [6, 6.07) is 20.6. The second kappa shape index (κ2) is 12.4. The van der Waals surface area contributed by atoms with Gasteiger partial charge in [0, 0.05) is 5.02 Å². The first-order valence-electron chi connectivity index (χ1n) is 12.1. The van der Waals surface area contributed by atoms with Gasteiger partial charge in [0.05, 0.1) is 4.90 Å². The molecule has 4 nitrogen and oxygen atoms in total. The quantitative estimate of drug-likeness (QED) is 0.216. The molecule has 0 spiro atoms. The molecule has 0 aromatic heterocycles. The third kappa shape index (κ3) is 6.88. The summed E-state index contributed by atoms with van der Waals surface area (Å²) in [4.78, 5) is 0.234. The molecule has 0 bridgehead atoms. The van der Waals surface area contributed by atoms with Crippen molar-refractivity contribution < 1.29 is 13.2 Å². The van der Waals surface area contributed by atoms with E-state index in [0.717, 1.165) is 46.1 Å². The maximum atomic E-state index is 12.1. The van der Waals surface area contributed by atoms with Gasteiger partial charge >= 0.3 is 0 Å². The Morgan fingerprint density at radius 3 is 2.39 bits per heavy atom. The lowest BCUT2D eigenvalue weighted by atomic mass is 9.93. The van der Waals surface area contributed by atoms with E-state index in [1.807, 2.05) is 48.5 Å². The first-order valence-corrected chi connectivity index (χ1v) is 14.0. The molecule has 3 rings (SSSR count). The van der Waals surface area contributed by atoms with Crippen molar-refractivity contribution in [2.45, 2.75) is 51.3 Å². The molecule has 0 heterocycles. The molecule has 0 aliphatic rings. The monoisotopic (exact) mass is 523 g/mol. The number of aryl methyl sites for hydroxylation is 1. The van der Waals surface area contributed by atoms with Crippen molar-refractivity contribution >= 4 is 21.6 Å². The molecular formula is C30H34ClNO3S. The summed E-state index contributed by atoms with van der Waals surface area (Å²) in [6.07, 6.45) is 5.91. The maximum absolute atomic E-state index is 12.1. The largest absolute Gasteiger partial charge is 0.457 e. The number of hydrogen-bond acceptors (Lipinski definition) is 3. The second-order valence-corrected chi connectivity index (χ2v) is 11.2. The number of ether oxygens (including phenoxy) is 1. The van der Waals surface area contributed by atoms with Gasteiger partial charge < -0.3 is 4.74 Å². The van der Waals surface area contributed by atoms with E-state index in [-0.39, 0.29) is 4.90 Å². The van der Waals surface area contributed by atoms with Crippen LogP contribution in [0.25, 0.3) is 11.1 Å². The normalized spacial score (nSPS) is 13.5. The van der Waals surface area contributed by atoms with E-state index >= 15 is 0 Å². The van der Waals surface area contributed by atoms with Crippen molar-refractivity contribution in [2.24, 2.45) is 0 Å². The van der Waals surface area contributed by atoms with Gasteiger partial charge in [0.25, 0.3) is 0 Å². The molecule has 36 heavy (non-hydrogen) atoms. The molecule has 6 heteroatoms. The number of hydrogen-bond donors (Lipinski definition) is 1. The molecule has 1 unspecified atom stereocenters. The lowest BCUT2D eigenvalue weighted by Crippen LogP contribution is -2.18. The SMILES string of the molecule is CCC(C)=C(C=CCC(C)c1c(C)cccc1Cl)Oc1ccc(-c2cccc(S(=O)(=O)NC)c2)cc1. The summed E-state index contributed by atoms with van der Waals surface area (Å²) in [5.74, 6) is 1.84. The van der Waals surface area contributed by atoms with E-state index in [4.69, 9.17) is 16.3 Å². The summed E-state index contributed by atoms with van der Waals surface area (Å²) >= 11 is 6.45. The Morgan fingerprint density at radius 1 is 1.06 bits per heavy atom. The first-order chi connectivity index (χ1) is 17.2. The summed E-state index contributed by atoms with van der Waals surface area (Å²) in [5.41, 5.74) is 5.27. The Balaban J connectivity index is 1.75. The van der Waals surface area contributed by atoms with Gasteiger partial charge in [-0.25, -0.2) is 13.1 Å². The fourth-order valence-corrected chi connectivity index (χ4v) is 5.19. The number of halogens is 1. The molecule has 0 aliphatic heterocycles. The fourth-order valence-electron chi connectivity index (χ4n) is 4.01. The molecule has 0 saturated carbocycles. The Morgan fingerprint density at radius 2 is 1.75 bits per heavy atom. The predicted molar refractivity (Wildman–Crippen MR) is 150 cm³/mol. The minimum Gasteiger partial charge on any atom is -0.457 e. The summed E-state index contributed by atoms with van der Waals surface area (Å²) in [7, 11) is -2.09. The standard InChI is InChI=1S/C30H34ClNO3S/c1-6-21(2)29(15-8-11-23(4)30-22(3)10-7-14-28(30)31)35-26-18-16-24(17-19-26)25-12-9-13-27(20-25)36(33,34)32-5/h7-10,12-20,23,32H,6,11H2,1-5H3. The zero-order chi connectivity index (χ0) is 26.3. The van der Waals surface area contributed by atoms with Crippen LogP contribution in [0, 0.1) is 6.92 Å². The molecule has 0 fully saturated rings. The van der Waals surface area contributed by atoms with Crippen LogP contribution in [0.5, 0.6) is 5.75 Å². The molecule has 190 valence electrons. The molecular weight excluding hydrogens is 490 g/mol. The molecule has 3 aromatic carbocycles. The van der Waals surface area contributed by atoms with Crippen LogP contribution in [0.15, 0.2) is 95.1 Å². The van der Waals surface area contributed by atoms with Gasteiger partial charge in [0.1, 0.15) is 11.5 Å².